The largest absolute Gasteiger partial charge is 0.497 e. The van der Waals surface area contributed by atoms with E-state index in [9.17, 15) is 0 Å². The first-order valence-corrected chi connectivity index (χ1v) is 6.09. The number of nitrogens with zero attached hydrogens (tertiary/aromatic N) is 1. The van der Waals surface area contributed by atoms with Gasteiger partial charge in [-0.15, -0.1) is 4.58 Å². The molecular formula is C15H12NO3+. The first-order valence-electron chi connectivity index (χ1n) is 6.09. The highest BCUT2D eigenvalue weighted by Crippen LogP contribution is 2.40. The van der Waals surface area contributed by atoms with Crippen LogP contribution in [0.2, 0.25) is 0 Å². The molecule has 1 unspecified atom stereocenters. The van der Waals surface area contributed by atoms with Crippen LogP contribution >= 0.6 is 0 Å². The van der Waals surface area contributed by atoms with Gasteiger partial charge in [0, 0.05) is 12.1 Å². The molecule has 2 aliphatic heterocycles. The van der Waals surface area contributed by atoms with Crippen LogP contribution in [-0.4, -0.2) is 24.3 Å². The van der Waals surface area contributed by atoms with Crippen molar-refractivity contribution in [2.75, 3.05) is 7.11 Å². The average Bonchev–Trinajstić information content (AvgIpc) is 2.81. The molecule has 4 rings (SSSR count). The van der Waals surface area contributed by atoms with Gasteiger partial charge in [0.05, 0.1) is 12.7 Å². The van der Waals surface area contributed by atoms with Crippen LogP contribution in [0, 0.1) is 0 Å². The number of para-hydroxylation sites is 1. The highest BCUT2D eigenvalue weighted by molar-refractivity contribution is 5.82. The fourth-order valence-electron chi connectivity index (χ4n) is 2.37. The van der Waals surface area contributed by atoms with Crippen molar-refractivity contribution in [3.63, 3.8) is 0 Å². The lowest BCUT2D eigenvalue weighted by molar-refractivity contribution is -0.555. The molecule has 2 aliphatic rings. The van der Waals surface area contributed by atoms with Crippen molar-refractivity contribution in [2.24, 2.45) is 0 Å². The summed E-state index contributed by atoms with van der Waals surface area (Å²) < 4.78 is 18.8. The Morgan fingerprint density at radius 3 is 2.79 bits per heavy atom. The van der Waals surface area contributed by atoms with Crippen LogP contribution in [0.15, 0.2) is 42.5 Å². The van der Waals surface area contributed by atoms with E-state index in [0.29, 0.717) is 0 Å². The lowest BCUT2D eigenvalue weighted by Crippen LogP contribution is -2.33. The van der Waals surface area contributed by atoms with Gasteiger partial charge in [0.1, 0.15) is 11.5 Å². The standard InChI is InChI=1S/C15H12NO3/c1-17-11-6-7-12-14(8-11)19-15-16(12)9-10-4-2-3-5-13(10)18-15/h2-9,15H,1H3/q+1. The molecule has 0 aromatic heterocycles. The number of methoxy groups -OCH3 is 1. The van der Waals surface area contributed by atoms with Crippen molar-refractivity contribution in [1.82, 2.24) is 0 Å². The second kappa shape index (κ2) is 3.75. The highest BCUT2D eigenvalue weighted by atomic mass is 16.7. The molecule has 0 radical (unpaired) electrons. The van der Waals surface area contributed by atoms with Gasteiger partial charge in [-0.05, 0) is 18.2 Å². The minimum Gasteiger partial charge on any atom is -0.497 e. The fraction of sp³-hybridized carbons (Fsp3) is 0.133. The third kappa shape index (κ3) is 1.50. The van der Waals surface area contributed by atoms with Gasteiger partial charge in [0.2, 0.25) is 5.75 Å². The molecule has 2 aromatic rings. The maximum atomic E-state index is 5.84. The molecule has 19 heavy (non-hydrogen) atoms. The molecule has 0 aliphatic carbocycles. The third-order valence-corrected chi connectivity index (χ3v) is 3.33. The summed E-state index contributed by atoms with van der Waals surface area (Å²) in [6, 6.07) is 13.7. The van der Waals surface area contributed by atoms with E-state index in [4.69, 9.17) is 14.2 Å². The normalized spacial score (nSPS) is 18.4. The van der Waals surface area contributed by atoms with Crippen molar-refractivity contribution in [2.45, 2.75) is 6.41 Å². The highest BCUT2D eigenvalue weighted by Gasteiger charge is 2.41. The van der Waals surface area contributed by atoms with Gasteiger partial charge < -0.3 is 14.2 Å². The summed E-state index contributed by atoms with van der Waals surface area (Å²) in [5, 5.41) is 0. The number of benzene rings is 2. The summed E-state index contributed by atoms with van der Waals surface area (Å²) in [5.41, 5.74) is 2.03. The minimum absolute atomic E-state index is 0.433. The van der Waals surface area contributed by atoms with Crippen molar-refractivity contribution >= 4 is 11.9 Å². The smallest absolute Gasteiger partial charge is 0.468 e. The summed E-state index contributed by atoms with van der Waals surface area (Å²) in [4.78, 5) is 0. The van der Waals surface area contributed by atoms with E-state index < -0.39 is 6.41 Å². The fourth-order valence-corrected chi connectivity index (χ4v) is 2.37. The Kier molecular flexibility index (Phi) is 2.06. The van der Waals surface area contributed by atoms with Crippen LogP contribution in [0.4, 0.5) is 5.69 Å². The van der Waals surface area contributed by atoms with Crippen molar-refractivity contribution in [3.8, 4) is 17.2 Å². The molecule has 1 atom stereocenters. The zero-order chi connectivity index (χ0) is 12.8. The molecule has 94 valence electrons. The number of hydrogen-bond acceptors (Lipinski definition) is 3. The lowest BCUT2D eigenvalue weighted by atomic mass is 10.2. The molecular weight excluding hydrogens is 242 g/mol. The molecule has 0 saturated heterocycles. The molecule has 0 saturated carbocycles. The molecule has 2 heterocycles. The van der Waals surface area contributed by atoms with Crippen LogP contribution in [0.1, 0.15) is 5.56 Å². The van der Waals surface area contributed by atoms with Crippen LogP contribution < -0.4 is 14.2 Å². The Morgan fingerprint density at radius 2 is 1.89 bits per heavy atom. The summed E-state index contributed by atoms with van der Waals surface area (Å²) in [7, 11) is 1.64. The van der Waals surface area contributed by atoms with Crippen LogP contribution in [-0.2, 0) is 0 Å². The zero-order valence-corrected chi connectivity index (χ0v) is 10.4. The van der Waals surface area contributed by atoms with Crippen LogP contribution in [0.5, 0.6) is 17.2 Å². The maximum Gasteiger partial charge on any atom is 0.468 e. The van der Waals surface area contributed by atoms with E-state index in [0.717, 1.165) is 28.5 Å². The molecule has 0 bridgehead atoms. The predicted molar refractivity (Wildman–Crippen MR) is 69.6 cm³/mol. The topological polar surface area (TPSA) is 30.7 Å². The van der Waals surface area contributed by atoms with Gasteiger partial charge in [-0.25, -0.2) is 0 Å². The van der Waals surface area contributed by atoms with Gasteiger partial charge in [-0.2, -0.15) is 0 Å². The number of fused-ring (bicyclic) bond motifs is 4. The summed E-state index contributed by atoms with van der Waals surface area (Å²) >= 11 is 0. The van der Waals surface area contributed by atoms with Crippen LogP contribution in [0.25, 0.3) is 0 Å². The second-order valence-electron chi connectivity index (χ2n) is 4.45. The van der Waals surface area contributed by atoms with E-state index in [1.54, 1.807) is 7.11 Å². The summed E-state index contributed by atoms with van der Waals surface area (Å²) in [6.07, 6.45) is 1.61. The van der Waals surface area contributed by atoms with E-state index in [1.807, 2.05) is 53.3 Å². The number of ether oxygens (including phenoxy) is 3. The Hall–Kier alpha value is -2.49. The Balaban J connectivity index is 1.84. The molecule has 0 fully saturated rings. The minimum atomic E-state index is -0.433. The van der Waals surface area contributed by atoms with Crippen LogP contribution in [0.3, 0.4) is 0 Å². The molecule has 4 nitrogen and oxygen atoms in total. The SMILES string of the molecule is COc1ccc2c(c1)OC1Oc3ccccc3C=[N+]21. The predicted octanol–water partition coefficient (Wildman–Crippen LogP) is 2.53. The second-order valence-corrected chi connectivity index (χ2v) is 4.45. The quantitative estimate of drug-likeness (QED) is 0.733. The van der Waals surface area contributed by atoms with Gasteiger partial charge in [0.25, 0.3) is 5.69 Å². The first kappa shape index (κ1) is 10.4. The number of hydrogen-bond donors (Lipinski definition) is 0. The van der Waals surface area contributed by atoms with Gasteiger partial charge in [-0.3, -0.25) is 0 Å². The Morgan fingerprint density at radius 1 is 1.05 bits per heavy atom. The molecule has 2 aromatic carbocycles. The van der Waals surface area contributed by atoms with E-state index in [2.05, 4.69) is 0 Å². The van der Waals surface area contributed by atoms with Gasteiger partial charge >= 0.3 is 6.41 Å². The number of rotatable bonds is 1. The molecule has 4 heteroatoms. The zero-order valence-electron chi connectivity index (χ0n) is 10.4. The summed E-state index contributed by atoms with van der Waals surface area (Å²) in [6.45, 7) is 0. The molecule has 0 spiro atoms. The van der Waals surface area contributed by atoms with E-state index >= 15 is 0 Å². The van der Waals surface area contributed by atoms with Crippen molar-refractivity contribution < 1.29 is 18.8 Å². The van der Waals surface area contributed by atoms with E-state index in [1.165, 1.54) is 0 Å². The monoisotopic (exact) mass is 254 g/mol. The van der Waals surface area contributed by atoms with Gasteiger partial charge in [-0.1, -0.05) is 12.1 Å². The summed E-state index contributed by atoms with van der Waals surface area (Å²) in [5.74, 6) is 2.38. The average molecular weight is 254 g/mol. The lowest BCUT2D eigenvalue weighted by Gasteiger charge is -2.15. The Labute approximate surface area is 110 Å². The maximum absolute atomic E-state index is 5.84. The molecule has 0 amide bonds. The Bertz CT molecular complexity index is 694. The molecule has 0 N–H and O–H groups in total. The third-order valence-electron chi connectivity index (χ3n) is 3.33. The van der Waals surface area contributed by atoms with Crippen molar-refractivity contribution in [1.29, 1.82) is 0 Å². The van der Waals surface area contributed by atoms with Crippen molar-refractivity contribution in [3.05, 3.63) is 48.0 Å². The first-order chi connectivity index (χ1) is 9.35. The van der Waals surface area contributed by atoms with Gasteiger partial charge in [0.15, 0.2) is 6.21 Å². The van der Waals surface area contributed by atoms with E-state index in [-0.39, 0.29) is 0 Å².